The lowest BCUT2D eigenvalue weighted by molar-refractivity contribution is 0.601. The number of thiazole rings is 1. The molecule has 1 aromatic heterocycles. The second kappa shape index (κ2) is 5.40. The largest absolute Gasteiger partial charge is 0.263 e. The number of halogens is 1. The molecule has 3 aromatic rings. The van der Waals surface area contributed by atoms with Gasteiger partial charge in [-0.1, -0.05) is 35.1 Å². The summed E-state index contributed by atoms with van der Waals surface area (Å²) in [5.41, 5.74) is 1.77. The third-order valence-electron chi connectivity index (χ3n) is 2.92. The van der Waals surface area contributed by atoms with Gasteiger partial charge in [0.15, 0.2) is 5.13 Å². The minimum Gasteiger partial charge on any atom is -0.255 e. The number of hydrogen-bond acceptors (Lipinski definition) is 4. The Labute approximate surface area is 135 Å². The molecule has 1 N–H and O–H groups in total. The van der Waals surface area contributed by atoms with Gasteiger partial charge in [0.1, 0.15) is 0 Å². The first-order valence-corrected chi connectivity index (χ1v) is 9.19. The first-order chi connectivity index (χ1) is 9.95. The zero-order valence-corrected chi connectivity index (χ0v) is 14.2. The van der Waals surface area contributed by atoms with Crippen molar-refractivity contribution in [3.05, 3.63) is 52.5 Å². The molecule has 108 valence electrons. The van der Waals surface area contributed by atoms with E-state index in [1.165, 1.54) is 11.3 Å². The summed E-state index contributed by atoms with van der Waals surface area (Å²) in [7, 11) is -3.61. The summed E-state index contributed by atoms with van der Waals surface area (Å²) < 4.78 is 28.9. The normalized spacial score (nSPS) is 11.7. The van der Waals surface area contributed by atoms with Crippen LogP contribution in [0.15, 0.2) is 51.8 Å². The van der Waals surface area contributed by atoms with E-state index in [-0.39, 0.29) is 4.90 Å². The Balaban J connectivity index is 1.97. The van der Waals surface area contributed by atoms with Gasteiger partial charge in [0.25, 0.3) is 10.0 Å². The molecule has 0 aliphatic rings. The van der Waals surface area contributed by atoms with Crippen molar-refractivity contribution in [1.82, 2.24) is 4.98 Å². The zero-order chi connectivity index (χ0) is 15.0. The molecule has 0 spiro atoms. The van der Waals surface area contributed by atoms with Gasteiger partial charge in [0, 0.05) is 4.47 Å². The van der Waals surface area contributed by atoms with Crippen molar-refractivity contribution < 1.29 is 8.42 Å². The SMILES string of the molecule is Cc1ccc(S(=O)(=O)Nc2nc3c(Br)cccc3s2)cc1. The van der Waals surface area contributed by atoms with E-state index in [4.69, 9.17) is 0 Å². The molecule has 0 aliphatic heterocycles. The Morgan fingerprint density at radius 2 is 1.86 bits per heavy atom. The van der Waals surface area contributed by atoms with Gasteiger partial charge in [-0.15, -0.1) is 0 Å². The van der Waals surface area contributed by atoms with Crippen molar-refractivity contribution in [2.75, 3.05) is 4.72 Å². The number of rotatable bonds is 3. The topological polar surface area (TPSA) is 59.1 Å². The summed E-state index contributed by atoms with van der Waals surface area (Å²) >= 11 is 4.71. The maximum atomic E-state index is 12.3. The van der Waals surface area contributed by atoms with Gasteiger partial charge in [0.2, 0.25) is 0 Å². The first-order valence-electron chi connectivity index (χ1n) is 6.10. The molecule has 1 heterocycles. The Morgan fingerprint density at radius 1 is 1.14 bits per heavy atom. The lowest BCUT2D eigenvalue weighted by atomic mass is 10.2. The minimum absolute atomic E-state index is 0.228. The van der Waals surface area contributed by atoms with Crippen LogP contribution < -0.4 is 4.72 Å². The maximum absolute atomic E-state index is 12.3. The zero-order valence-electron chi connectivity index (χ0n) is 11.0. The van der Waals surface area contributed by atoms with Crippen LogP contribution in [0.2, 0.25) is 0 Å². The van der Waals surface area contributed by atoms with Crippen molar-refractivity contribution in [3.63, 3.8) is 0 Å². The van der Waals surface area contributed by atoms with E-state index >= 15 is 0 Å². The molecule has 0 saturated carbocycles. The molecule has 21 heavy (non-hydrogen) atoms. The predicted molar refractivity (Wildman–Crippen MR) is 89.3 cm³/mol. The van der Waals surface area contributed by atoms with Crippen LogP contribution in [0.4, 0.5) is 5.13 Å². The molecule has 0 amide bonds. The van der Waals surface area contributed by atoms with Gasteiger partial charge in [-0.2, -0.15) is 0 Å². The van der Waals surface area contributed by atoms with E-state index in [1.807, 2.05) is 25.1 Å². The summed E-state index contributed by atoms with van der Waals surface area (Å²) in [6.07, 6.45) is 0. The van der Waals surface area contributed by atoms with E-state index in [2.05, 4.69) is 25.6 Å². The van der Waals surface area contributed by atoms with Crippen molar-refractivity contribution >= 4 is 52.6 Å². The molecule has 0 fully saturated rings. The molecular weight excluding hydrogens is 372 g/mol. The molecule has 0 saturated heterocycles. The number of nitrogens with one attached hydrogen (secondary N) is 1. The lowest BCUT2D eigenvalue weighted by Gasteiger charge is -2.04. The maximum Gasteiger partial charge on any atom is 0.263 e. The number of fused-ring (bicyclic) bond motifs is 1. The van der Waals surface area contributed by atoms with Crippen LogP contribution in [0.25, 0.3) is 10.2 Å². The highest BCUT2D eigenvalue weighted by Crippen LogP contribution is 2.31. The highest BCUT2D eigenvalue weighted by atomic mass is 79.9. The van der Waals surface area contributed by atoms with Crippen molar-refractivity contribution in [1.29, 1.82) is 0 Å². The van der Waals surface area contributed by atoms with E-state index in [1.54, 1.807) is 24.3 Å². The number of aromatic nitrogens is 1. The van der Waals surface area contributed by atoms with Gasteiger partial charge < -0.3 is 0 Å². The highest BCUT2D eigenvalue weighted by molar-refractivity contribution is 9.10. The van der Waals surface area contributed by atoms with Gasteiger partial charge in [0.05, 0.1) is 15.1 Å². The number of aryl methyl sites for hydroxylation is 1. The first kappa shape index (κ1) is 14.5. The number of para-hydroxylation sites is 1. The lowest BCUT2D eigenvalue weighted by Crippen LogP contribution is -2.12. The average molecular weight is 383 g/mol. The average Bonchev–Trinajstić information content (AvgIpc) is 2.82. The second-order valence-electron chi connectivity index (χ2n) is 4.52. The molecule has 4 nitrogen and oxygen atoms in total. The Hall–Kier alpha value is -1.44. The van der Waals surface area contributed by atoms with Crippen molar-refractivity contribution in [2.24, 2.45) is 0 Å². The van der Waals surface area contributed by atoms with Crippen LogP contribution >= 0.6 is 27.3 Å². The van der Waals surface area contributed by atoms with Gasteiger partial charge in [-0.05, 0) is 47.1 Å². The Bertz CT molecular complexity index is 902. The van der Waals surface area contributed by atoms with E-state index in [0.29, 0.717) is 5.13 Å². The number of benzene rings is 2. The van der Waals surface area contributed by atoms with Crippen LogP contribution in [0, 0.1) is 6.92 Å². The van der Waals surface area contributed by atoms with Crippen molar-refractivity contribution in [2.45, 2.75) is 11.8 Å². The number of anilines is 1. The van der Waals surface area contributed by atoms with Gasteiger partial charge >= 0.3 is 0 Å². The summed E-state index contributed by atoms with van der Waals surface area (Å²) in [6, 6.07) is 12.4. The Kier molecular flexibility index (Phi) is 3.73. The summed E-state index contributed by atoms with van der Waals surface area (Å²) in [4.78, 5) is 4.55. The quantitative estimate of drug-likeness (QED) is 0.739. The summed E-state index contributed by atoms with van der Waals surface area (Å²) in [5, 5.41) is 0.359. The fourth-order valence-electron chi connectivity index (χ4n) is 1.85. The molecular formula is C14H11BrN2O2S2. The third-order valence-corrected chi connectivity index (χ3v) is 5.98. The molecule has 0 unspecified atom stereocenters. The highest BCUT2D eigenvalue weighted by Gasteiger charge is 2.16. The van der Waals surface area contributed by atoms with Crippen LogP contribution in [0.5, 0.6) is 0 Å². The molecule has 0 aliphatic carbocycles. The standard InChI is InChI=1S/C14H11BrN2O2S2/c1-9-5-7-10(8-6-9)21(18,19)17-14-16-13-11(15)3-2-4-12(13)20-14/h2-8H,1H3,(H,16,17). The van der Waals surface area contributed by atoms with Crippen LogP contribution in [0.1, 0.15) is 5.56 Å². The smallest absolute Gasteiger partial charge is 0.255 e. The molecule has 0 radical (unpaired) electrons. The van der Waals surface area contributed by atoms with Crippen molar-refractivity contribution in [3.8, 4) is 0 Å². The van der Waals surface area contributed by atoms with Crippen LogP contribution in [0.3, 0.4) is 0 Å². The Morgan fingerprint density at radius 3 is 2.52 bits per heavy atom. The predicted octanol–water partition coefficient (Wildman–Crippen LogP) is 4.17. The molecule has 3 rings (SSSR count). The number of sulfonamides is 1. The minimum atomic E-state index is -3.61. The molecule has 2 aromatic carbocycles. The monoisotopic (exact) mass is 382 g/mol. The molecule has 0 atom stereocenters. The second-order valence-corrected chi connectivity index (χ2v) is 8.09. The molecule has 0 bridgehead atoms. The van der Waals surface area contributed by atoms with Gasteiger partial charge in [-0.25, -0.2) is 13.4 Å². The van der Waals surface area contributed by atoms with E-state index in [0.717, 1.165) is 20.3 Å². The fourth-order valence-corrected chi connectivity index (χ4v) is 4.56. The van der Waals surface area contributed by atoms with Crippen LogP contribution in [-0.2, 0) is 10.0 Å². The number of nitrogens with zero attached hydrogens (tertiary/aromatic N) is 1. The van der Waals surface area contributed by atoms with E-state index in [9.17, 15) is 8.42 Å². The third kappa shape index (κ3) is 2.95. The number of hydrogen-bond donors (Lipinski definition) is 1. The summed E-state index contributed by atoms with van der Waals surface area (Å²) in [6.45, 7) is 1.91. The van der Waals surface area contributed by atoms with Crippen LogP contribution in [-0.4, -0.2) is 13.4 Å². The molecule has 7 heteroatoms. The fraction of sp³-hybridized carbons (Fsp3) is 0.0714. The van der Waals surface area contributed by atoms with E-state index < -0.39 is 10.0 Å². The summed E-state index contributed by atoms with van der Waals surface area (Å²) in [5.74, 6) is 0. The van der Waals surface area contributed by atoms with Gasteiger partial charge in [-0.3, -0.25) is 4.72 Å².